The highest BCUT2D eigenvalue weighted by Crippen LogP contribution is 2.53. The van der Waals surface area contributed by atoms with Crippen molar-refractivity contribution in [1.82, 2.24) is 0 Å². The van der Waals surface area contributed by atoms with E-state index >= 15 is 0 Å². The molecule has 0 radical (unpaired) electrons. The van der Waals surface area contributed by atoms with Crippen LogP contribution < -0.4 is 0 Å². The topological polar surface area (TPSA) is 138 Å². The number of hydrogen-bond acceptors (Lipinski definition) is 7. The first-order valence-corrected chi connectivity index (χ1v) is 8.40. The number of fused-ring (bicyclic) bond motifs is 1. The van der Waals surface area contributed by atoms with Crippen molar-refractivity contribution in [1.29, 1.82) is 0 Å². The second kappa shape index (κ2) is 6.09. The third-order valence-electron chi connectivity index (χ3n) is 4.90. The summed E-state index contributed by atoms with van der Waals surface area (Å²) in [5.74, 6) is -3.81. The van der Waals surface area contributed by atoms with E-state index < -0.39 is 17.6 Å². The van der Waals surface area contributed by atoms with Gasteiger partial charge in [0, 0.05) is 35.2 Å². The maximum atomic E-state index is 13.2. The Morgan fingerprint density at radius 1 is 0.536 bits per heavy atom. The molecular weight excluding hydrogens is 364 g/mol. The SMILES string of the molecule is O=C1c2cc(O)cc(O)c2[C@H](c2cc(O)cc(O)c2)[C@H]1c1cc(O)cc(O)c1. The summed E-state index contributed by atoms with van der Waals surface area (Å²) >= 11 is 0. The molecule has 4 rings (SSSR count). The molecule has 0 fully saturated rings. The van der Waals surface area contributed by atoms with Crippen molar-refractivity contribution in [3.05, 3.63) is 70.8 Å². The minimum absolute atomic E-state index is 0.0816. The summed E-state index contributed by atoms with van der Waals surface area (Å²) in [5.41, 5.74) is 0.933. The molecule has 142 valence electrons. The van der Waals surface area contributed by atoms with E-state index in [9.17, 15) is 35.4 Å². The summed E-state index contributed by atoms with van der Waals surface area (Å²) in [6.45, 7) is 0. The van der Waals surface area contributed by atoms with Gasteiger partial charge in [-0.2, -0.15) is 0 Å². The van der Waals surface area contributed by atoms with Crippen molar-refractivity contribution in [3.63, 3.8) is 0 Å². The fraction of sp³-hybridized carbons (Fsp3) is 0.0952. The van der Waals surface area contributed by atoms with Crippen LogP contribution in [0.1, 0.15) is 38.9 Å². The van der Waals surface area contributed by atoms with Gasteiger partial charge in [-0.05, 0) is 41.5 Å². The molecule has 28 heavy (non-hydrogen) atoms. The van der Waals surface area contributed by atoms with Crippen LogP contribution in [-0.2, 0) is 0 Å². The minimum atomic E-state index is -0.970. The Labute approximate surface area is 159 Å². The summed E-state index contributed by atoms with van der Waals surface area (Å²) < 4.78 is 0. The summed E-state index contributed by atoms with van der Waals surface area (Å²) in [7, 11) is 0. The number of hydrogen-bond donors (Lipinski definition) is 6. The molecule has 7 nitrogen and oxygen atoms in total. The number of ketones is 1. The number of aromatic hydroxyl groups is 6. The third-order valence-corrected chi connectivity index (χ3v) is 4.90. The summed E-state index contributed by atoms with van der Waals surface area (Å²) in [5, 5.41) is 59.8. The zero-order chi connectivity index (χ0) is 20.2. The minimum Gasteiger partial charge on any atom is -0.508 e. The van der Waals surface area contributed by atoms with Gasteiger partial charge in [0.25, 0.3) is 0 Å². The van der Waals surface area contributed by atoms with Crippen molar-refractivity contribution < 1.29 is 35.4 Å². The van der Waals surface area contributed by atoms with Crippen LogP contribution in [0.4, 0.5) is 0 Å². The first-order valence-electron chi connectivity index (χ1n) is 8.40. The molecule has 6 N–H and O–H groups in total. The van der Waals surface area contributed by atoms with Crippen molar-refractivity contribution in [2.24, 2.45) is 0 Å². The van der Waals surface area contributed by atoms with E-state index in [-0.39, 0.29) is 51.2 Å². The highest BCUT2D eigenvalue weighted by molar-refractivity contribution is 6.08. The summed E-state index contributed by atoms with van der Waals surface area (Å²) in [4.78, 5) is 13.2. The largest absolute Gasteiger partial charge is 0.508 e. The Hall–Kier alpha value is -3.87. The van der Waals surface area contributed by atoms with Crippen LogP contribution in [0, 0.1) is 0 Å². The molecule has 0 heterocycles. The molecule has 0 aliphatic heterocycles. The van der Waals surface area contributed by atoms with Gasteiger partial charge in [-0.25, -0.2) is 0 Å². The van der Waals surface area contributed by atoms with Crippen LogP contribution in [0.15, 0.2) is 48.5 Å². The first kappa shape index (κ1) is 17.5. The van der Waals surface area contributed by atoms with Gasteiger partial charge in [0.15, 0.2) is 5.78 Å². The molecule has 2 atom stereocenters. The number of rotatable bonds is 2. The van der Waals surface area contributed by atoms with Gasteiger partial charge in [0.2, 0.25) is 0 Å². The van der Waals surface area contributed by atoms with Gasteiger partial charge in [-0.15, -0.1) is 0 Å². The van der Waals surface area contributed by atoms with Gasteiger partial charge in [0.05, 0.1) is 5.92 Å². The molecule has 3 aromatic rings. The van der Waals surface area contributed by atoms with Crippen molar-refractivity contribution in [2.45, 2.75) is 11.8 Å². The molecule has 7 heteroatoms. The predicted octanol–water partition coefficient (Wildman–Crippen LogP) is 3.03. The summed E-state index contributed by atoms with van der Waals surface area (Å²) in [6.07, 6.45) is 0. The maximum absolute atomic E-state index is 13.2. The Bertz CT molecular complexity index is 1080. The normalized spacial score (nSPS) is 18.2. The monoisotopic (exact) mass is 380 g/mol. The molecule has 0 spiro atoms. The molecule has 0 unspecified atom stereocenters. The molecule has 1 aliphatic rings. The lowest BCUT2D eigenvalue weighted by molar-refractivity contribution is 0.0967. The fourth-order valence-corrected chi connectivity index (χ4v) is 3.94. The fourth-order valence-electron chi connectivity index (χ4n) is 3.94. The maximum Gasteiger partial charge on any atom is 0.171 e. The Balaban J connectivity index is 2.01. The Morgan fingerprint density at radius 2 is 0.964 bits per heavy atom. The quantitative estimate of drug-likeness (QED) is 0.402. The summed E-state index contributed by atoms with van der Waals surface area (Å²) in [6, 6.07) is 9.94. The van der Waals surface area contributed by atoms with Crippen LogP contribution in [-0.4, -0.2) is 36.4 Å². The van der Waals surface area contributed by atoms with Crippen LogP contribution in [0.2, 0.25) is 0 Å². The molecule has 0 bridgehead atoms. The lowest BCUT2D eigenvalue weighted by atomic mass is 9.81. The van der Waals surface area contributed by atoms with Crippen LogP contribution in [0.5, 0.6) is 34.5 Å². The first-order chi connectivity index (χ1) is 13.2. The smallest absolute Gasteiger partial charge is 0.171 e. The lowest BCUT2D eigenvalue weighted by Crippen LogP contribution is -2.13. The molecule has 0 amide bonds. The van der Waals surface area contributed by atoms with Gasteiger partial charge in [-0.3, -0.25) is 4.79 Å². The second-order valence-corrected chi connectivity index (χ2v) is 6.81. The second-order valence-electron chi connectivity index (χ2n) is 6.81. The third kappa shape index (κ3) is 2.73. The van der Waals surface area contributed by atoms with Gasteiger partial charge < -0.3 is 30.6 Å². The van der Waals surface area contributed by atoms with Crippen LogP contribution in [0.25, 0.3) is 0 Å². The number of phenolic OH excluding ortho intramolecular Hbond substituents is 6. The van der Waals surface area contributed by atoms with Crippen molar-refractivity contribution >= 4 is 5.78 Å². The van der Waals surface area contributed by atoms with E-state index in [2.05, 4.69) is 0 Å². The van der Waals surface area contributed by atoms with Crippen LogP contribution >= 0.6 is 0 Å². The number of benzene rings is 3. The average molecular weight is 380 g/mol. The lowest BCUT2D eigenvalue weighted by Gasteiger charge is -2.21. The average Bonchev–Trinajstić information content (AvgIpc) is 2.86. The highest BCUT2D eigenvalue weighted by Gasteiger charge is 2.44. The number of Topliss-reactive ketones (excluding diaryl/α,β-unsaturated/α-hetero) is 1. The molecule has 0 saturated carbocycles. The predicted molar refractivity (Wildman–Crippen MR) is 98.2 cm³/mol. The van der Waals surface area contributed by atoms with E-state index in [1.165, 1.54) is 30.3 Å². The molecule has 0 aromatic heterocycles. The van der Waals surface area contributed by atoms with Crippen LogP contribution in [0.3, 0.4) is 0 Å². The van der Waals surface area contributed by atoms with E-state index in [1.807, 2.05) is 0 Å². The zero-order valence-electron chi connectivity index (χ0n) is 14.4. The van der Waals surface area contributed by atoms with E-state index in [4.69, 9.17) is 0 Å². The molecule has 3 aromatic carbocycles. The van der Waals surface area contributed by atoms with Gasteiger partial charge in [-0.1, -0.05) is 0 Å². The Kier molecular flexibility index (Phi) is 3.81. The van der Waals surface area contributed by atoms with E-state index in [1.54, 1.807) is 0 Å². The number of carbonyl (C=O) groups excluding carboxylic acids is 1. The van der Waals surface area contributed by atoms with Gasteiger partial charge >= 0.3 is 0 Å². The molecule has 1 aliphatic carbocycles. The molecule has 0 saturated heterocycles. The number of phenols is 6. The van der Waals surface area contributed by atoms with Crippen molar-refractivity contribution in [3.8, 4) is 34.5 Å². The van der Waals surface area contributed by atoms with E-state index in [0.29, 0.717) is 5.56 Å². The van der Waals surface area contributed by atoms with Gasteiger partial charge in [0.1, 0.15) is 34.5 Å². The Morgan fingerprint density at radius 3 is 1.46 bits per heavy atom. The van der Waals surface area contributed by atoms with E-state index in [0.717, 1.165) is 18.2 Å². The highest BCUT2D eigenvalue weighted by atomic mass is 16.3. The molecular formula is C21H16O7. The van der Waals surface area contributed by atoms with Crippen molar-refractivity contribution in [2.75, 3.05) is 0 Å². The zero-order valence-corrected chi connectivity index (χ0v) is 14.4. The standard InChI is InChI=1S/C21H16O7/c22-11-1-9(2-12(23)5-11)18-19(10-3-13(24)6-14(25)4-10)21(28)16-7-15(26)8-17(27)20(16)18/h1-8,18-19,22-27H/t18-,19-/m1/s1. The number of carbonyl (C=O) groups is 1.